The van der Waals surface area contributed by atoms with Gasteiger partial charge in [-0.2, -0.15) is 23.7 Å². The number of aromatic amines is 1. The van der Waals surface area contributed by atoms with E-state index in [1.165, 1.54) is 132 Å². The van der Waals surface area contributed by atoms with Crippen LogP contribution in [0.3, 0.4) is 0 Å². The van der Waals surface area contributed by atoms with Crippen molar-refractivity contribution < 1.29 is 9.05 Å². The van der Waals surface area contributed by atoms with Crippen LogP contribution >= 0.6 is 23.1 Å². The number of hydrogen-bond donors (Lipinski definition) is 1. The molecule has 3 saturated carbocycles. The number of aromatic nitrogens is 8. The highest BCUT2D eigenvalue weighted by Gasteiger charge is 2.33. The van der Waals surface area contributed by atoms with Gasteiger partial charge >= 0.3 is 0 Å². The van der Waals surface area contributed by atoms with Crippen LogP contribution in [-0.4, -0.2) is 39.0 Å². The summed E-state index contributed by atoms with van der Waals surface area (Å²) < 4.78 is 19.3. The summed E-state index contributed by atoms with van der Waals surface area (Å²) in [5.41, 5.74) is 15.3. The largest absolute Gasteiger partial charge is 0.367 e. The lowest BCUT2D eigenvalue weighted by Crippen LogP contribution is -2.27. The van der Waals surface area contributed by atoms with Gasteiger partial charge in [0.15, 0.2) is 0 Å². The lowest BCUT2D eigenvalue weighted by atomic mass is 9.69. The molecule has 6 atom stereocenters. The van der Waals surface area contributed by atoms with Crippen molar-refractivity contribution in [3.05, 3.63) is 101 Å². The number of H-pyrrole nitrogens is 1. The Morgan fingerprint density at radius 2 is 0.635 bits per heavy atom. The molecule has 0 radical (unpaired) electrons. The number of nitrogens with one attached hydrogen (secondary N) is 1. The van der Waals surface area contributed by atoms with E-state index < -0.39 is 0 Å². The van der Waals surface area contributed by atoms with Crippen molar-refractivity contribution in [1.29, 1.82) is 0 Å². The highest BCUT2D eigenvalue weighted by molar-refractivity contribution is 7.06. The molecule has 0 amide bonds. The van der Waals surface area contributed by atoms with E-state index in [4.69, 9.17) is 9.05 Å². The van der Waals surface area contributed by atoms with E-state index in [0.29, 0.717) is 71.0 Å². The van der Waals surface area contributed by atoms with Crippen molar-refractivity contribution in [3.63, 3.8) is 0 Å². The van der Waals surface area contributed by atoms with Gasteiger partial charge in [-0.05, 0) is 248 Å². The first-order valence-electron chi connectivity index (χ1n) is 47.6. The van der Waals surface area contributed by atoms with Gasteiger partial charge in [-0.1, -0.05) is 353 Å². The Bertz CT molecular complexity index is 2910. The van der Waals surface area contributed by atoms with Crippen LogP contribution in [0.4, 0.5) is 0 Å². The summed E-state index contributed by atoms with van der Waals surface area (Å²) in [7, 11) is 1.87. The molecular weight excluding hydrogens is 1450 g/mol. The highest BCUT2D eigenvalue weighted by atomic mass is 32.1. The molecule has 115 heavy (non-hydrogen) atoms. The van der Waals surface area contributed by atoms with E-state index >= 15 is 0 Å². The van der Waals surface area contributed by atoms with Crippen LogP contribution in [0.2, 0.25) is 0 Å². The number of hydrogen-bond acceptors (Lipinski definition) is 10. The van der Waals surface area contributed by atoms with E-state index in [1.54, 1.807) is 27.9 Å². The normalized spacial score (nSPS) is 17.2. The van der Waals surface area contributed by atoms with Gasteiger partial charge in [0.25, 0.3) is 0 Å². The maximum absolute atomic E-state index is 5.27. The predicted molar refractivity (Wildman–Crippen MR) is 518 cm³/mol. The molecule has 9 rings (SSSR count). The molecule has 0 bridgehead atoms. The van der Waals surface area contributed by atoms with Gasteiger partial charge in [-0.15, -0.1) is 0 Å². The highest BCUT2D eigenvalue weighted by Crippen LogP contribution is 2.43. The van der Waals surface area contributed by atoms with Crippen molar-refractivity contribution in [2.75, 3.05) is 0 Å². The SMILES string of the molecule is CC.CC.CC.CC.CC(C)C1CCCC1C(C)C.CC(C)C1CCCCC1C(C)C.CC(C)C1CCCCCC1C(C)C.CC(C)c1c[nH]cc1C(C)C.CC(C)c1nn(C)nc1C(C)C.Cc1noc(C(C)C)c1C(C)C.Cc1nsc(C(C)C)c1C(C)C.Cc1onc(C(C)C)c1C(C)C.Cc1snc(C(C)C)c1C(C)C. The minimum atomic E-state index is 0.434. The van der Waals surface area contributed by atoms with Gasteiger partial charge in [-0.3, -0.25) is 0 Å². The summed E-state index contributed by atoms with van der Waals surface area (Å²) in [5, 5.41) is 16.7. The van der Waals surface area contributed by atoms with Crippen molar-refractivity contribution >= 4 is 23.1 Å². The fourth-order valence-corrected chi connectivity index (χ4v) is 19.2. The number of rotatable bonds is 18. The van der Waals surface area contributed by atoms with Gasteiger partial charge in [0.2, 0.25) is 0 Å². The zero-order chi connectivity index (χ0) is 90.3. The van der Waals surface area contributed by atoms with Crippen LogP contribution in [0.25, 0.3) is 0 Å². The summed E-state index contributed by atoms with van der Waals surface area (Å²) in [5.74, 6) is 20.0. The van der Waals surface area contributed by atoms with Gasteiger partial charge < -0.3 is 14.0 Å². The van der Waals surface area contributed by atoms with Gasteiger partial charge in [0.1, 0.15) is 11.5 Å². The Hall–Kier alpha value is -3.90. The summed E-state index contributed by atoms with van der Waals surface area (Å²) in [6.45, 7) is 106. The minimum absolute atomic E-state index is 0.434. The zero-order valence-electron chi connectivity index (χ0n) is 85.8. The van der Waals surface area contributed by atoms with E-state index in [1.807, 2.05) is 76.3 Å². The van der Waals surface area contributed by atoms with Crippen LogP contribution < -0.4 is 0 Å². The van der Waals surface area contributed by atoms with Crippen molar-refractivity contribution in [2.24, 2.45) is 78.1 Å². The second-order valence-corrected chi connectivity index (χ2v) is 39.9. The Morgan fingerprint density at radius 3 is 0.887 bits per heavy atom. The molecule has 3 fully saturated rings. The molecule has 3 aliphatic rings. The van der Waals surface area contributed by atoms with Crippen LogP contribution in [0, 0.1) is 98.7 Å². The van der Waals surface area contributed by atoms with E-state index in [0.717, 1.165) is 105 Å². The summed E-state index contributed by atoms with van der Waals surface area (Å²) in [4.78, 5) is 7.66. The maximum Gasteiger partial charge on any atom is 0.142 e. The Labute approximate surface area is 726 Å². The Kier molecular flexibility index (Phi) is 64.4. The standard InChI is InChI=1S/C13H26.C12H24.C11H22.2C10H17NO.2C10H17NS.C10H17N.C9H17N3.4C2H6/c1-10(2)12-8-6-5-7-9-13(12)11(3)4;1-9(2)11-7-5-6-8-12(11)10(3)4;1-8(2)10-6-5-7-11(10)9(3)4;1-6(2)9-8(5)12-11-10(9)7(3)4;1-6(2)9-8(5)11-12-10(9)7(3)4;1-6(2)9-8(5)12-11-10(9)7(3)4;1-6(2)9-8(5)11-12-10(9)7(3)4;1-7(2)9-5-11-6-10(9)8(3)4;1-6(2)8-9(7(3)4)11-12(5)10-8;4*1-2/h10-13H,5-9H2,1-4H3;9-12H,5-8H2,1-4H3;8-11H,5-7H2,1-4H3;4*6-7H,1-5H3;5-8,11H,1-4H3;6-7H,1-5H3;4*1-2H3. The van der Waals surface area contributed by atoms with Gasteiger partial charge in [0.05, 0.1) is 34.2 Å². The molecule has 10 nitrogen and oxygen atoms in total. The average Bonchev–Trinajstić information content (AvgIpc) is 1.73. The Morgan fingerprint density at radius 1 is 0.313 bits per heavy atom. The van der Waals surface area contributed by atoms with Crippen molar-refractivity contribution in [1.82, 2.24) is 39.0 Å². The topological polar surface area (TPSA) is 124 Å². The second kappa shape index (κ2) is 63.1. The molecule has 6 aromatic heterocycles. The van der Waals surface area contributed by atoms with E-state index in [-0.39, 0.29) is 0 Å². The lowest BCUT2D eigenvalue weighted by molar-refractivity contribution is 0.136. The van der Waals surface area contributed by atoms with E-state index in [9.17, 15) is 0 Å². The lowest BCUT2D eigenvalue weighted by Gasteiger charge is -2.37. The van der Waals surface area contributed by atoms with E-state index in [2.05, 4.69) is 310 Å². The Balaban J connectivity index is -0.000000596. The molecular formula is C103H198N8O2S2. The molecule has 0 aliphatic heterocycles. The van der Waals surface area contributed by atoms with Crippen LogP contribution in [0.5, 0.6) is 0 Å². The van der Waals surface area contributed by atoms with Crippen molar-refractivity contribution in [3.8, 4) is 0 Å². The molecule has 0 aromatic carbocycles. The monoisotopic (exact) mass is 1640 g/mol. The van der Waals surface area contributed by atoms with Crippen LogP contribution in [0.1, 0.15) is 542 Å². The van der Waals surface area contributed by atoms with Crippen molar-refractivity contribution in [2.45, 2.75) is 480 Å². The number of aryl methyl sites for hydroxylation is 5. The van der Waals surface area contributed by atoms with Gasteiger partial charge in [-0.25, -0.2) is 0 Å². The quantitative estimate of drug-likeness (QED) is 0.0844. The molecule has 6 heterocycles. The first-order valence-corrected chi connectivity index (χ1v) is 49.1. The first kappa shape index (κ1) is 117. The van der Waals surface area contributed by atoms with Crippen LogP contribution in [-0.2, 0) is 7.05 Å². The predicted octanol–water partition coefficient (Wildman–Crippen LogP) is 35.6. The number of nitrogens with zero attached hydrogens (tertiary/aromatic N) is 7. The molecule has 0 saturated heterocycles. The van der Waals surface area contributed by atoms with Gasteiger partial charge in [0, 0.05) is 46.2 Å². The second-order valence-electron chi connectivity index (χ2n) is 38.2. The third-order valence-electron chi connectivity index (χ3n) is 22.9. The third kappa shape index (κ3) is 42.0. The maximum atomic E-state index is 5.27. The molecule has 12 heteroatoms. The molecule has 0 spiro atoms. The zero-order valence-corrected chi connectivity index (χ0v) is 87.4. The fourth-order valence-electron chi connectivity index (χ4n) is 17.2. The summed E-state index contributed by atoms with van der Waals surface area (Å²) in [6, 6.07) is 0. The molecule has 1 N–H and O–H groups in total. The van der Waals surface area contributed by atoms with Crippen LogP contribution in [0.15, 0.2) is 21.4 Å². The summed E-state index contributed by atoms with van der Waals surface area (Å²) >= 11 is 3.30. The molecule has 6 aromatic rings. The first-order chi connectivity index (χ1) is 53.7. The minimum Gasteiger partial charge on any atom is -0.367 e. The summed E-state index contributed by atoms with van der Waals surface area (Å²) in [6.07, 6.45) is 22.0. The fraction of sp³-hybridized carbons (Fsp3) is 0.825. The molecule has 6 unspecified atom stereocenters. The average molecular weight is 1640 g/mol. The molecule has 3 aliphatic carbocycles. The smallest absolute Gasteiger partial charge is 0.142 e. The molecule has 674 valence electrons. The third-order valence-corrected chi connectivity index (χ3v) is 24.9.